The molecule has 0 atom stereocenters. The molecule has 4 aliphatic heterocycles. The van der Waals surface area contributed by atoms with Gasteiger partial charge in [-0.15, -0.1) is 0 Å². The molecule has 10 aromatic rings. The van der Waals surface area contributed by atoms with Crippen LogP contribution in [0.4, 0.5) is 0 Å². The van der Waals surface area contributed by atoms with Crippen LogP contribution in [0.5, 0.6) is 0 Å². The summed E-state index contributed by atoms with van der Waals surface area (Å²) in [5, 5.41) is 0. The molecule has 2 aliphatic carbocycles. The van der Waals surface area contributed by atoms with E-state index in [4.69, 9.17) is 19.9 Å². The second kappa shape index (κ2) is 24.6. The minimum Gasteiger partial charge on any atom is -0.355 e. The summed E-state index contributed by atoms with van der Waals surface area (Å²) in [6.45, 7) is 0. The van der Waals surface area contributed by atoms with Gasteiger partial charge in [0.05, 0.1) is 45.6 Å². The van der Waals surface area contributed by atoms with Crippen molar-refractivity contribution in [3.05, 3.63) is 275 Å². The quantitative estimate of drug-likeness (QED) is 0.133. The number of hydrogen-bond donors (Lipinski definition) is 4. The third kappa shape index (κ3) is 11.1. The standard InChI is InChI=1S/C44H34N4.C32H22N4.2Pt/c1-5-13-29(14-6-1)41-33-21-23-35(45-33)42(30-15-7-2-8-16-30)37-25-27-39(47-37)44(32-19-11-4-12-20-32)40-28-26-38(48-40)43(31-17-9-3-10-18-31)36-24-22-34(41)46-36;1-3-7-21(8-4-1)31-27-15-11-23(33-27)19-25-13-17-29(35-25)32(22-9-5-2-6-10-22)30-18-14-26(36-30)20-24-12-16-28(31)34-24;;/h1-2,5-9,11,13-28,46-47H,3-4,10,12H2;1-20,33,36H;;. The summed E-state index contributed by atoms with van der Waals surface area (Å²) in [6.07, 6.45) is 34.8. The van der Waals surface area contributed by atoms with Gasteiger partial charge < -0.3 is 19.9 Å². The van der Waals surface area contributed by atoms with Crippen molar-refractivity contribution in [2.45, 2.75) is 25.7 Å². The number of aromatic nitrogens is 8. The molecule has 0 amide bonds. The summed E-state index contributed by atoms with van der Waals surface area (Å²) in [5.74, 6) is 0. The van der Waals surface area contributed by atoms with Gasteiger partial charge >= 0.3 is 0 Å². The van der Waals surface area contributed by atoms with E-state index in [0.717, 1.165) is 171 Å². The number of nitrogens with one attached hydrogen (secondary N) is 4. The first-order valence-electron chi connectivity index (χ1n) is 28.8. The number of H-pyrrole nitrogens is 4. The van der Waals surface area contributed by atoms with E-state index >= 15 is 0 Å². The van der Waals surface area contributed by atoms with E-state index in [-0.39, 0.29) is 42.1 Å². The average Bonchev–Trinajstić information content (AvgIpc) is 2.52. The Labute approximate surface area is 527 Å². The number of fused-ring (bicyclic) bond motifs is 16. The number of benzene rings is 4. The number of rotatable bonds is 6. The van der Waals surface area contributed by atoms with Crippen LogP contribution in [0, 0.1) is 0 Å². The Kier molecular flexibility index (Phi) is 15.9. The Balaban J connectivity index is 0.000000162. The fraction of sp³-hybridized carbons (Fsp3) is 0.0526. The normalized spacial score (nSPS) is 13.5. The molecule has 0 unspecified atom stereocenters. The van der Waals surface area contributed by atoms with Gasteiger partial charge in [-0.2, -0.15) is 0 Å². The van der Waals surface area contributed by atoms with Gasteiger partial charge in [0.25, 0.3) is 0 Å². The summed E-state index contributed by atoms with van der Waals surface area (Å²) < 4.78 is 0. The van der Waals surface area contributed by atoms with Crippen LogP contribution in [0.3, 0.4) is 0 Å². The molecule has 0 saturated heterocycles. The molecule has 8 nitrogen and oxygen atoms in total. The summed E-state index contributed by atoms with van der Waals surface area (Å²) >= 11 is 0. The van der Waals surface area contributed by atoms with Crippen molar-refractivity contribution in [2.24, 2.45) is 0 Å². The molecule has 0 spiro atoms. The first-order valence-corrected chi connectivity index (χ1v) is 28.8. The van der Waals surface area contributed by atoms with Gasteiger partial charge in [-0.25, -0.2) is 19.9 Å². The summed E-state index contributed by atoms with van der Waals surface area (Å²) in [7, 11) is 0. The maximum Gasteiger partial charge on any atom is 0.0737 e. The van der Waals surface area contributed by atoms with Crippen LogP contribution >= 0.6 is 0 Å². The Bertz CT molecular complexity index is 4570. The van der Waals surface area contributed by atoms with E-state index in [1.165, 1.54) is 11.1 Å². The van der Waals surface area contributed by atoms with Crippen LogP contribution < -0.4 is 0 Å². The Morgan fingerprint density at radius 1 is 0.256 bits per heavy atom. The molecule has 6 aromatic heterocycles. The minimum atomic E-state index is 0. The fourth-order valence-electron chi connectivity index (χ4n) is 12.1. The van der Waals surface area contributed by atoms with Gasteiger partial charge in [-0.05, 0) is 168 Å². The zero-order valence-corrected chi connectivity index (χ0v) is 51.2. The first kappa shape index (κ1) is 55.6. The van der Waals surface area contributed by atoms with E-state index in [1.807, 2.05) is 12.1 Å². The summed E-state index contributed by atoms with van der Waals surface area (Å²) in [4.78, 5) is 35.6. The van der Waals surface area contributed by atoms with Gasteiger partial charge in [0.1, 0.15) is 0 Å². The second-order valence-corrected chi connectivity index (χ2v) is 21.4. The number of aromatic amines is 4. The molecule has 420 valence electrons. The van der Waals surface area contributed by atoms with Crippen molar-refractivity contribution in [1.82, 2.24) is 39.9 Å². The topological polar surface area (TPSA) is 115 Å². The zero-order valence-electron chi connectivity index (χ0n) is 46.7. The smallest absolute Gasteiger partial charge is 0.0737 e. The largest absolute Gasteiger partial charge is 0.355 e. The molecule has 4 N–H and O–H groups in total. The van der Waals surface area contributed by atoms with E-state index in [2.05, 4.69) is 275 Å². The number of allylic oxidation sites excluding steroid dienone is 8. The summed E-state index contributed by atoms with van der Waals surface area (Å²) in [5.41, 5.74) is 29.0. The Morgan fingerprint density at radius 3 is 0.884 bits per heavy atom. The Hall–Kier alpha value is -9.58. The van der Waals surface area contributed by atoms with Gasteiger partial charge in [-0.3, -0.25) is 0 Å². The fourth-order valence-corrected chi connectivity index (χ4v) is 12.1. The minimum absolute atomic E-state index is 0. The SMILES string of the molecule is C1=CC(c2c3nc(c(C4=CCCC=C4)c4ccc([nH]4)c(-c4ccccc4)c4nc(c(-c5ccccc5)c5ccc2[nH]5)C=C4)C=C3)=CCC1.C1=Cc2nc1cc1ccc([nH]1)c(-c1ccccc1)c1nc(cc3ccc([nH]3)c2-c2ccccc2)C=C1.[Pt].[Pt]. The van der Waals surface area contributed by atoms with Crippen molar-refractivity contribution in [2.75, 3.05) is 0 Å². The maximum atomic E-state index is 5.40. The number of nitrogens with zero attached hydrogens (tertiary/aromatic N) is 4. The van der Waals surface area contributed by atoms with Gasteiger partial charge in [-0.1, -0.05) is 158 Å². The van der Waals surface area contributed by atoms with E-state index in [1.54, 1.807) is 0 Å². The molecule has 16 rings (SSSR count). The monoisotopic (exact) mass is 1470 g/mol. The van der Waals surface area contributed by atoms with Crippen molar-refractivity contribution in [3.8, 4) is 44.5 Å². The molecular weight excluding hydrogens is 1420 g/mol. The maximum absolute atomic E-state index is 5.40. The van der Waals surface area contributed by atoms with E-state index in [0.29, 0.717) is 0 Å². The van der Waals surface area contributed by atoms with Crippen LogP contribution in [0.1, 0.15) is 82.4 Å². The van der Waals surface area contributed by atoms with Gasteiger partial charge in [0.15, 0.2) is 0 Å². The predicted octanol–water partition coefficient (Wildman–Crippen LogP) is 19.4. The molecule has 16 bridgehead atoms. The molecule has 10 heteroatoms. The van der Waals surface area contributed by atoms with Crippen LogP contribution in [-0.2, 0) is 42.1 Å². The van der Waals surface area contributed by atoms with Crippen LogP contribution in [-0.4, -0.2) is 39.9 Å². The molecule has 6 aliphatic rings. The molecule has 86 heavy (non-hydrogen) atoms. The predicted molar refractivity (Wildman–Crippen MR) is 352 cm³/mol. The Morgan fingerprint density at radius 2 is 0.547 bits per heavy atom. The van der Waals surface area contributed by atoms with Crippen molar-refractivity contribution >= 4 is 104 Å². The van der Waals surface area contributed by atoms with Gasteiger partial charge in [0, 0.05) is 120 Å². The third-order valence-corrected chi connectivity index (χ3v) is 16.0. The van der Waals surface area contributed by atoms with Gasteiger partial charge in [0.2, 0.25) is 0 Å². The second-order valence-electron chi connectivity index (χ2n) is 21.4. The van der Waals surface area contributed by atoms with Crippen molar-refractivity contribution < 1.29 is 42.1 Å². The number of hydrogen-bond acceptors (Lipinski definition) is 4. The van der Waals surface area contributed by atoms with Crippen molar-refractivity contribution in [1.29, 1.82) is 0 Å². The molecule has 0 radical (unpaired) electrons. The van der Waals surface area contributed by atoms with Crippen LogP contribution in [0.2, 0.25) is 0 Å². The van der Waals surface area contributed by atoms with Crippen molar-refractivity contribution in [3.63, 3.8) is 0 Å². The molecule has 4 aromatic carbocycles. The zero-order chi connectivity index (χ0) is 55.8. The van der Waals surface area contributed by atoms with E-state index < -0.39 is 0 Å². The van der Waals surface area contributed by atoms with Crippen LogP contribution in [0.25, 0.3) is 148 Å². The third-order valence-electron chi connectivity index (χ3n) is 16.0. The van der Waals surface area contributed by atoms with Crippen LogP contribution in [0.15, 0.2) is 218 Å². The molecule has 10 heterocycles. The summed E-state index contributed by atoms with van der Waals surface area (Å²) in [6, 6.07) is 63.3. The van der Waals surface area contributed by atoms with E-state index in [9.17, 15) is 0 Å². The molecule has 0 fully saturated rings. The molecule has 0 saturated carbocycles. The first-order chi connectivity index (χ1) is 41.6. The average molecular weight is 1470 g/mol. The molecular formula is C76H56N8Pt2.